The molecule has 1 rings (SSSR count). The predicted octanol–water partition coefficient (Wildman–Crippen LogP) is 2.68. The lowest BCUT2D eigenvalue weighted by Crippen LogP contribution is -2.34. The summed E-state index contributed by atoms with van der Waals surface area (Å²) in [5.41, 5.74) is 1.03. The average molecular weight is 272 g/mol. The molecule has 0 aliphatic carbocycles. The second kappa shape index (κ2) is 5.11. The van der Waals surface area contributed by atoms with Gasteiger partial charge in [-0.3, -0.25) is 5.32 Å². The number of carbonyl (C=O) groups excluding carboxylic acids is 1. The van der Waals surface area contributed by atoms with Crippen LogP contribution in [0.5, 0.6) is 0 Å². The molecule has 0 unspecified atom stereocenters. The van der Waals surface area contributed by atoms with Gasteiger partial charge < -0.3 is 5.32 Å². The number of nitrogens with zero attached hydrogens (tertiary/aromatic N) is 1. The van der Waals surface area contributed by atoms with Crippen molar-refractivity contribution in [2.24, 2.45) is 0 Å². The second-order valence-corrected chi connectivity index (χ2v) is 4.43. The highest BCUT2D eigenvalue weighted by atomic mass is 79.9. The molecule has 4 nitrogen and oxygen atoms in total. The Morgan fingerprint density at radius 1 is 1.53 bits per heavy atom. The number of aromatic nitrogens is 1. The molecule has 0 aliphatic heterocycles. The van der Waals surface area contributed by atoms with E-state index in [0.29, 0.717) is 5.82 Å². The Bertz CT molecular complexity index is 366. The quantitative estimate of drug-likeness (QED) is 0.869. The number of pyridine rings is 1. The number of aryl methyl sites for hydroxylation is 1. The van der Waals surface area contributed by atoms with Crippen LogP contribution in [0.25, 0.3) is 0 Å². The Kier molecular flexibility index (Phi) is 4.08. The SMILES string of the molecule is Cc1cc(NC(=O)NC(C)C)ncc1Br. The van der Waals surface area contributed by atoms with Crippen molar-refractivity contribution < 1.29 is 4.79 Å². The molecule has 15 heavy (non-hydrogen) atoms. The number of amides is 2. The Hall–Kier alpha value is -1.10. The van der Waals surface area contributed by atoms with Gasteiger partial charge in [-0.15, -0.1) is 0 Å². The van der Waals surface area contributed by atoms with Crippen LogP contribution in [-0.2, 0) is 0 Å². The largest absolute Gasteiger partial charge is 0.336 e. The zero-order valence-electron chi connectivity index (χ0n) is 8.97. The van der Waals surface area contributed by atoms with Crippen LogP contribution in [-0.4, -0.2) is 17.1 Å². The summed E-state index contributed by atoms with van der Waals surface area (Å²) >= 11 is 3.35. The molecule has 1 aromatic rings. The third-order valence-corrected chi connectivity index (χ3v) is 2.54. The number of anilines is 1. The van der Waals surface area contributed by atoms with Gasteiger partial charge in [-0.1, -0.05) is 0 Å². The summed E-state index contributed by atoms with van der Waals surface area (Å²) < 4.78 is 0.928. The minimum absolute atomic E-state index is 0.113. The van der Waals surface area contributed by atoms with Gasteiger partial charge in [0.2, 0.25) is 0 Å². The molecule has 0 bridgehead atoms. The van der Waals surface area contributed by atoms with E-state index in [1.807, 2.05) is 26.8 Å². The molecule has 82 valence electrons. The Balaban J connectivity index is 2.65. The van der Waals surface area contributed by atoms with Crippen LogP contribution < -0.4 is 10.6 Å². The van der Waals surface area contributed by atoms with E-state index in [-0.39, 0.29) is 12.1 Å². The maximum Gasteiger partial charge on any atom is 0.320 e. The molecule has 5 heteroatoms. The molecule has 0 aliphatic rings. The minimum atomic E-state index is -0.237. The molecule has 0 saturated heterocycles. The lowest BCUT2D eigenvalue weighted by Gasteiger charge is -2.10. The van der Waals surface area contributed by atoms with E-state index in [9.17, 15) is 4.79 Å². The van der Waals surface area contributed by atoms with Crippen LogP contribution >= 0.6 is 15.9 Å². The van der Waals surface area contributed by atoms with E-state index in [0.717, 1.165) is 10.0 Å². The minimum Gasteiger partial charge on any atom is -0.336 e. The van der Waals surface area contributed by atoms with Gasteiger partial charge in [0.05, 0.1) is 0 Å². The lowest BCUT2D eigenvalue weighted by molar-refractivity contribution is 0.250. The first kappa shape index (κ1) is 12.0. The standard InChI is InChI=1S/C10H14BrN3O/c1-6(2)13-10(15)14-9-4-7(3)8(11)5-12-9/h4-6H,1-3H3,(H2,12,13,14,15). The third kappa shape index (κ3) is 3.87. The number of hydrogen-bond donors (Lipinski definition) is 2. The van der Waals surface area contributed by atoms with Crippen LogP contribution in [0.15, 0.2) is 16.7 Å². The van der Waals surface area contributed by atoms with Gasteiger partial charge in [0.1, 0.15) is 5.82 Å². The molecule has 0 aromatic carbocycles. The number of hydrogen-bond acceptors (Lipinski definition) is 2. The van der Waals surface area contributed by atoms with Gasteiger partial charge in [-0.25, -0.2) is 9.78 Å². The Morgan fingerprint density at radius 2 is 2.20 bits per heavy atom. The van der Waals surface area contributed by atoms with Crippen LogP contribution in [0, 0.1) is 6.92 Å². The van der Waals surface area contributed by atoms with Crippen molar-refractivity contribution >= 4 is 27.8 Å². The fourth-order valence-corrected chi connectivity index (χ4v) is 1.24. The Labute approximate surface area is 97.6 Å². The maximum atomic E-state index is 11.3. The van der Waals surface area contributed by atoms with Crippen molar-refractivity contribution in [2.45, 2.75) is 26.8 Å². The molecular formula is C10H14BrN3O. The normalized spacial score (nSPS) is 10.2. The summed E-state index contributed by atoms with van der Waals surface area (Å²) in [5.74, 6) is 0.550. The van der Waals surface area contributed by atoms with E-state index in [4.69, 9.17) is 0 Å². The maximum absolute atomic E-state index is 11.3. The topological polar surface area (TPSA) is 54.0 Å². The zero-order valence-corrected chi connectivity index (χ0v) is 10.6. The highest BCUT2D eigenvalue weighted by Crippen LogP contribution is 2.16. The highest BCUT2D eigenvalue weighted by Gasteiger charge is 2.04. The van der Waals surface area contributed by atoms with E-state index in [1.165, 1.54) is 0 Å². The molecule has 0 saturated carbocycles. The van der Waals surface area contributed by atoms with E-state index in [1.54, 1.807) is 6.20 Å². The van der Waals surface area contributed by atoms with Gasteiger partial charge in [0.25, 0.3) is 0 Å². The van der Waals surface area contributed by atoms with E-state index in [2.05, 4.69) is 31.5 Å². The molecule has 1 heterocycles. The second-order valence-electron chi connectivity index (χ2n) is 3.57. The van der Waals surface area contributed by atoms with Crippen molar-refractivity contribution in [3.8, 4) is 0 Å². The molecule has 2 N–H and O–H groups in total. The molecule has 0 fully saturated rings. The van der Waals surface area contributed by atoms with Gasteiger partial charge in [-0.05, 0) is 48.3 Å². The fourth-order valence-electron chi connectivity index (χ4n) is 1.02. The summed E-state index contributed by atoms with van der Waals surface area (Å²) in [5, 5.41) is 5.38. The van der Waals surface area contributed by atoms with Crippen molar-refractivity contribution in [1.82, 2.24) is 10.3 Å². The zero-order chi connectivity index (χ0) is 11.4. The van der Waals surface area contributed by atoms with Crippen LogP contribution in [0.4, 0.5) is 10.6 Å². The lowest BCUT2D eigenvalue weighted by atomic mass is 10.3. The first-order valence-electron chi connectivity index (χ1n) is 4.68. The van der Waals surface area contributed by atoms with Crippen molar-refractivity contribution in [3.63, 3.8) is 0 Å². The smallest absolute Gasteiger partial charge is 0.320 e. The van der Waals surface area contributed by atoms with Gasteiger partial charge >= 0.3 is 6.03 Å². The number of nitrogens with one attached hydrogen (secondary N) is 2. The third-order valence-electron chi connectivity index (χ3n) is 1.71. The van der Waals surface area contributed by atoms with Crippen molar-refractivity contribution in [1.29, 1.82) is 0 Å². The average Bonchev–Trinajstić information content (AvgIpc) is 2.10. The summed E-state index contributed by atoms with van der Waals surface area (Å²) in [6.45, 7) is 5.75. The number of halogens is 1. The van der Waals surface area contributed by atoms with Gasteiger partial charge in [0.15, 0.2) is 0 Å². The van der Waals surface area contributed by atoms with Crippen molar-refractivity contribution in [3.05, 3.63) is 22.3 Å². The molecule has 0 radical (unpaired) electrons. The molecule has 0 spiro atoms. The highest BCUT2D eigenvalue weighted by molar-refractivity contribution is 9.10. The summed E-state index contributed by atoms with van der Waals surface area (Å²) in [7, 11) is 0. The van der Waals surface area contributed by atoms with Gasteiger partial charge in [-0.2, -0.15) is 0 Å². The summed E-state index contributed by atoms with van der Waals surface area (Å²) in [6.07, 6.45) is 1.67. The first-order chi connectivity index (χ1) is 6.99. The van der Waals surface area contributed by atoms with E-state index < -0.39 is 0 Å². The Morgan fingerprint density at radius 3 is 2.73 bits per heavy atom. The monoisotopic (exact) mass is 271 g/mol. The molecular weight excluding hydrogens is 258 g/mol. The number of urea groups is 1. The predicted molar refractivity (Wildman–Crippen MR) is 64.0 cm³/mol. The molecule has 2 amide bonds. The molecule has 1 aromatic heterocycles. The van der Waals surface area contributed by atoms with Crippen LogP contribution in [0.3, 0.4) is 0 Å². The van der Waals surface area contributed by atoms with Crippen molar-refractivity contribution in [2.75, 3.05) is 5.32 Å². The number of rotatable bonds is 2. The summed E-state index contributed by atoms with van der Waals surface area (Å²) in [4.78, 5) is 15.4. The summed E-state index contributed by atoms with van der Waals surface area (Å²) in [6, 6.07) is 1.69. The molecule has 0 atom stereocenters. The van der Waals surface area contributed by atoms with Gasteiger partial charge in [0, 0.05) is 16.7 Å². The first-order valence-corrected chi connectivity index (χ1v) is 5.48. The van der Waals surface area contributed by atoms with Crippen LogP contribution in [0.2, 0.25) is 0 Å². The van der Waals surface area contributed by atoms with E-state index >= 15 is 0 Å². The van der Waals surface area contributed by atoms with Crippen LogP contribution in [0.1, 0.15) is 19.4 Å². The number of carbonyl (C=O) groups is 1. The fraction of sp³-hybridized carbons (Fsp3) is 0.400.